The van der Waals surface area contributed by atoms with Crippen molar-refractivity contribution in [3.05, 3.63) is 58.3 Å². The quantitative estimate of drug-likeness (QED) is 0.861. The van der Waals surface area contributed by atoms with Gasteiger partial charge in [0.25, 0.3) is 0 Å². The first-order chi connectivity index (χ1) is 9.58. The van der Waals surface area contributed by atoms with Crippen LogP contribution in [0.4, 0.5) is 4.39 Å². The number of nitrogens with two attached hydrogens (primary N) is 1. The first-order valence-electron chi connectivity index (χ1n) is 6.56. The molecule has 0 amide bonds. The molecule has 4 heteroatoms. The summed E-state index contributed by atoms with van der Waals surface area (Å²) in [6.45, 7) is 2.08. The molecule has 2 aromatic rings. The summed E-state index contributed by atoms with van der Waals surface area (Å²) < 4.78 is 19.2. The highest BCUT2D eigenvalue weighted by molar-refractivity contribution is 9.10. The molecule has 0 fully saturated rings. The maximum Gasteiger partial charge on any atom is 0.137 e. The second-order valence-corrected chi connectivity index (χ2v) is 5.55. The van der Waals surface area contributed by atoms with E-state index in [4.69, 9.17) is 10.5 Å². The van der Waals surface area contributed by atoms with Crippen LogP contribution in [0, 0.1) is 5.82 Å². The van der Waals surface area contributed by atoms with Crippen LogP contribution in [-0.4, -0.2) is 6.04 Å². The molecule has 2 aromatic carbocycles. The van der Waals surface area contributed by atoms with E-state index in [1.807, 2.05) is 24.3 Å². The van der Waals surface area contributed by atoms with Gasteiger partial charge >= 0.3 is 0 Å². The van der Waals surface area contributed by atoms with E-state index in [2.05, 4.69) is 22.9 Å². The average Bonchev–Trinajstić information content (AvgIpc) is 2.45. The van der Waals surface area contributed by atoms with E-state index in [0.717, 1.165) is 18.6 Å². The molecule has 0 aromatic heterocycles. The Hall–Kier alpha value is -1.39. The SMILES string of the molecule is CCC(N)Cc1ccc(Oc2ccc(F)c(Br)c2)cc1. The van der Waals surface area contributed by atoms with Gasteiger partial charge in [0.1, 0.15) is 17.3 Å². The minimum absolute atomic E-state index is 0.190. The third-order valence-electron chi connectivity index (χ3n) is 3.07. The topological polar surface area (TPSA) is 35.2 Å². The normalized spacial score (nSPS) is 12.2. The molecule has 1 atom stereocenters. The molecule has 0 aliphatic carbocycles. The Kier molecular flexibility index (Phi) is 5.15. The van der Waals surface area contributed by atoms with Gasteiger partial charge in [-0.3, -0.25) is 0 Å². The van der Waals surface area contributed by atoms with E-state index >= 15 is 0 Å². The fourth-order valence-corrected chi connectivity index (χ4v) is 2.17. The lowest BCUT2D eigenvalue weighted by Crippen LogP contribution is -2.21. The highest BCUT2D eigenvalue weighted by atomic mass is 79.9. The van der Waals surface area contributed by atoms with E-state index in [0.29, 0.717) is 10.2 Å². The van der Waals surface area contributed by atoms with Gasteiger partial charge in [-0.15, -0.1) is 0 Å². The number of halogens is 2. The summed E-state index contributed by atoms with van der Waals surface area (Å²) in [5.41, 5.74) is 7.11. The van der Waals surface area contributed by atoms with Crippen LogP contribution in [0.3, 0.4) is 0 Å². The van der Waals surface area contributed by atoms with E-state index < -0.39 is 0 Å². The van der Waals surface area contributed by atoms with E-state index in [9.17, 15) is 4.39 Å². The number of ether oxygens (including phenoxy) is 1. The Labute approximate surface area is 126 Å². The second-order valence-electron chi connectivity index (χ2n) is 4.69. The molecular weight excluding hydrogens is 321 g/mol. The lowest BCUT2D eigenvalue weighted by Gasteiger charge is -2.10. The summed E-state index contributed by atoms with van der Waals surface area (Å²) in [6, 6.07) is 12.6. The molecule has 0 spiro atoms. The van der Waals surface area contributed by atoms with Crippen LogP contribution in [-0.2, 0) is 6.42 Å². The van der Waals surface area contributed by atoms with Crippen molar-refractivity contribution in [3.8, 4) is 11.5 Å². The van der Waals surface area contributed by atoms with Gasteiger partial charge in [0.15, 0.2) is 0 Å². The third-order valence-corrected chi connectivity index (χ3v) is 3.68. The fraction of sp³-hybridized carbons (Fsp3) is 0.250. The second kappa shape index (κ2) is 6.86. The van der Waals surface area contributed by atoms with Crippen LogP contribution in [0.5, 0.6) is 11.5 Å². The minimum Gasteiger partial charge on any atom is -0.457 e. The molecule has 20 heavy (non-hydrogen) atoms. The predicted octanol–water partition coefficient (Wildman–Crippen LogP) is 4.66. The van der Waals surface area contributed by atoms with Gasteiger partial charge in [-0.2, -0.15) is 0 Å². The summed E-state index contributed by atoms with van der Waals surface area (Å²) in [5.74, 6) is 1.01. The molecule has 106 valence electrons. The van der Waals surface area contributed by atoms with Crippen molar-refractivity contribution in [2.75, 3.05) is 0 Å². The van der Waals surface area contributed by atoms with Gasteiger partial charge < -0.3 is 10.5 Å². The van der Waals surface area contributed by atoms with Gasteiger partial charge in [0.2, 0.25) is 0 Å². The van der Waals surface area contributed by atoms with Gasteiger partial charge in [-0.25, -0.2) is 4.39 Å². The monoisotopic (exact) mass is 337 g/mol. The maximum absolute atomic E-state index is 13.1. The van der Waals surface area contributed by atoms with E-state index in [1.165, 1.54) is 11.6 Å². The van der Waals surface area contributed by atoms with Gasteiger partial charge in [0, 0.05) is 6.04 Å². The third kappa shape index (κ3) is 4.05. The van der Waals surface area contributed by atoms with Crippen molar-refractivity contribution in [2.24, 2.45) is 5.73 Å². The lowest BCUT2D eigenvalue weighted by molar-refractivity contribution is 0.479. The lowest BCUT2D eigenvalue weighted by atomic mass is 10.0. The molecule has 1 unspecified atom stereocenters. The summed E-state index contributed by atoms with van der Waals surface area (Å²) in [7, 11) is 0. The smallest absolute Gasteiger partial charge is 0.137 e. The van der Waals surface area contributed by atoms with Gasteiger partial charge in [0.05, 0.1) is 4.47 Å². The molecule has 0 saturated heterocycles. The van der Waals surface area contributed by atoms with Crippen LogP contribution in [0.15, 0.2) is 46.9 Å². The molecule has 2 rings (SSSR count). The molecular formula is C16H17BrFNO. The summed E-state index contributed by atoms with van der Waals surface area (Å²) >= 11 is 3.14. The van der Waals surface area contributed by atoms with Crippen LogP contribution in [0.1, 0.15) is 18.9 Å². The average molecular weight is 338 g/mol. The minimum atomic E-state index is -0.304. The first-order valence-corrected chi connectivity index (χ1v) is 7.35. The highest BCUT2D eigenvalue weighted by Crippen LogP contribution is 2.26. The Balaban J connectivity index is 2.04. The van der Waals surface area contributed by atoms with Crippen molar-refractivity contribution in [2.45, 2.75) is 25.8 Å². The maximum atomic E-state index is 13.1. The van der Waals surface area contributed by atoms with Crippen molar-refractivity contribution < 1.29 is 9.13 Å². The standard InChI is InChI=1S/C16H17BrFNO/c1-2-12(19)9-11-3-5-13(6-4-11)20-14-7-8-16(18)15(17)10-14/h3-8,10,12H,2,9,19H2,1H3. The Morgan fingerprint density at radius 1 is 1.15 bits per heavy atom. The van der Waals surface area contributed by atoms with E-state index in [-0.39, 0.29) is 11.9 Å². The Morgan fingerprint density at radius 3 is 2.40 bits per heavy atom. The molecule has 0 bridgehead atoms. The molecule has 0 aliphatic heterocycles. The summed E-state index contributed by atoms with van der Waals surface area (Å²) in [5, 5.41) is 0. The van der Waals surface area contributed by atoms with Crippen LogP contribution in [0.25, 0.3) is 0 Å². The summed E-state index contributed by atoms with van der Waals surface area (Å²) in [4.78, 5) is 0. The number of hydrogen-bond donors (Lipinski definition) is 1. The van der Waals surface area contributed by atoms with Crippen molar-refractivity contribution in [3.63, 3.8) is 0 Å². The molecule has 2 nitrogen and oxygen atoms in total. The zero-order chi connectivity index (χ0) is 14.5. The zero-order valence-corrected chi connectivity index (χ0v) is 12.9. The Morgan fingerprint density at radius 2 is 1.80 bits per heavy atom. The van der Waals surface area contributed by atoms with Gasteiger partial charge in [-0.1, -0.05) is 19.1 Å². The first kappa shape index (κ1) is 15.0. The molecule has 0 aliphatic rings. The largest absolute Gasteiger partial charge is 0.457 e. The molecule has 0 saturated carbocycles. The molecule has 0 radical (unpaired) electrons. The number of benzene rings is 2. The fourth-order valence-electron chi connectivity index (χ4n) is 1.82. The van der Waals surface area contributed by atoms with Crippen LogP contribution >= 0.6 is 15.9 Å². The Bertz CT molecular complexity index is 571. The predicted molar refractivity (Wildman–Crippen MR) is 82.6 cm³/mol. The summed E-state index contributed by atoms with van der Waals surface area (Å²) in [6.07, 6.45) is 1.82. The highest BCUT2D eigenvalue weighted by Gasteiger charge is 2.04. The van der Waals surface area contributed by atoms with Crippen LogP contribution in [0.2, 0.25) is 0 Å². The number of hydrogen-bond acceptors (Lipinski definition) is 2. The van der Waals surface area contributed by atoms with Gasteiger partial charge in [-0.05, 0) is 64.7 Å². The number of rotatable bonds is 5. The van der Waals surface area contributed by atoms with Crippen molar-refractivity contribution in [1.29, 1.82) is 0 Å². The van der Waals surface area contributed by atoms with Crippen molar-refractivity contribution >= 4 is 15.9 Å². The van der Waals surface area contributed by atoms with Crippen molar-refractivity contribution in [1.82, 2.24) is 0 Å². The molecule has 2 N–H and O–H groups in total. The zero-order valence-electron chi connectivity index (χ0n) is 11.3. The molecule has 0 heterocycles. The van der Waals surface area contributed by atoms with E-state index in [1.54, 1.807) is 12.1 Å². The van der Waals surface area contributed by atoms with Crippen LogP contribution < -0.4 is 10.5 Å².